The Morgan fingerprint density at radius 3 is 2.65 bits per heavy atom. The van der Waals surface area contributed by atoms with Gasteiger partial charge in [0, 0.05) is 18.2 Å². The number of benzene rings is 2. The average Bonchev–Trinajstić information content (AvgIpc) is 3.32. The van der Waals surface area contributed by atoms with Crippen LogP contribution in [0.2, 0.25) is 0 Å². The lowest BCUT2D eigenvalue weighted by Gasteiger charge is -2.23. The smallest absolute Gasteiger partial charge is 0.292 e. The van der Waals surface area contributed by atoms with E-state index in [9.17, 15) is 13.6 Å². The molecule has 4 rings (SSSR count). The molecule has 0 saturated carbocycles. The van der Waals surface area contributed by atoms with Crippen LogP contribution in [0.25, 0.3) is 11.3 Å². The van der Waals surface area contributed by atoms with Gasteiger partial charge in [0.2, 0.25) is 5.76 Å². The van der Waals surface area contributed by atoms with Crippen LogP contribution in [0.4, 0.5) is 8.78 Å². The molecule has 1 aliphatic heterocycles. The van der Waals surface area contributed by atoms with Crippen LogP contribution in [0.5, 0.6) is 0 Å². The Labute approximate surface area is 149 Å². The van der Waals surface area contributed by atoms with Crippen molar-refractivity contribution < 1.29 is 18.1 Å². The highest BCUT2D eigenvalue weighted by molar-refractivity contribution is 5.93. The number of carbonyl (C=O) groups excluding carboxylic acids is 1. The Balaban J connectivity index is 1.59. The first kappa shape index (κ1) is 16.4. The van der Waals surface area contributed by atoms with Gasteiger partial charge in [0.1, 0.15) is 17.3 Å². The number of hydrogen-bond acceptors (Lipinski definition) is 3. The minimum absolute atomic E-state index is 0.0669. The number of nitrogens with zero attached hydrogens (tertiary/aromatic N) is 2. The Morgan fingerprint density at radius 1 is 1.12 bits per heavy atom. The number of aromatic nitrogens is 1. The van der Waals surface area contributed by atoms with Gasteiger partial charge in [-0.05, 0) is 42.7 Å². The highest BCUT2D eigenvalue weighted by atomic mass is 19.1. The normalized spacial score (nSPS) is 16.8. The largest absolute Gasteiger partial charge is 0.350 e. The van der Waals surface area contributed by atoms with E-state index in [4.69, 9.17) is 4.52 Å². The summed E-state index contributed by atoms with van der Waals surface area (Å²) in [6, 6.07) is 13.7. The van der Waals surface area contributed by atoms with Gasteiger partial charge >= 0.3 is 0 Å². The van der Waals surface area contributed by atoms with Crippen LogP contribution < -0.4 is 0 Å². The Hall–Kier alpha value is -3.02. The van der Waals surface area contributed by atoms with Crippen molar-refractivity contribution in [2.24, 2.45) is 0 Å². The van der Waals surface area contributed by atoms with Crippen LogP contribution in [0, 0.1) is 11.6 Å². The molecule has 1 saturated heterocycles. The number of carbonyl (C=O) groups is 1. The first-order valence-electron chi connectivity index (χ1n) is 8.41. The summed E-state index contributed by atoms with van der Waals surface area (Å²) >= 11 is 0. The number of rotatable bonds is 3. The lowest BCUT2D eigenvalue weighted by atomic mass is 10.0. The first-order chi connectivity index (χ1) is 12.6. The summed E-state index contributed by atoms with van der Waals surface area (Å²) in [5, 5.41) is 3.84. The molecule has 1 amide bonds. The van der Waals surface area contributed by atoms with Crippen LogP contribution in [0.3, 0.4) is 0 Å². The molecule has 1 unspecified atom stereocenters. The van der Waals surface area contributed by atoms with E-state index in [0.29, 0.717) is 6.54 Å². The molecule has 2 heterocycles. The van der Waals surface area contributed by atoms with E-state index in [1.54, 1.807) is 35.2 Å². The molecule has 0 aliphatic carbocycles. The van der Waals surface area contributed by atoms with Crippen molar-refractivity contribution in [2.45, 2.75) is 18.9 Å². The molecule has 0 bridgehead atoms. The van der Waals surface area contributed by atoms with Crippen LogP contribution in [0.1, 0.15) is 35.0 Å². The SMILES string of the molecule is O=C(c1cc(-c2ccccc2F)no1)N1CCCC1c1ccc(F)cc1. The van der Waals surface area contributed by atoms with Gasteiger partial charge in [0.15, 0.2) is 0 Å². The molecule has 132 valence electrons. The fraction of sp³-hybridized carbons (Fsp3) is 0.200. The third kappa shape index (κ3) is 2.98. The van der Waals surface area contributed by atoms with E-state index in [2.05, 4.69) is 5.16 Å². The van der Waals surface area contributed by atoms with Crippen molar-refractivity contribution in [3.05, 3.63) is 77.6 Å². The minimum atomic E-state index is -0.426. The van der Waals surface area contributed by atoms with Gasteiger partial charge in [0.05, 0.1) is 6.04 Å². The summed E-state index contributed by atoms with van der Waals surface area (Å²) in [6.07, 6.45) is 1.65. The molecule has 1 aromatic heterocycles. The molecule has 6 heteroatoms. The second kappa shape index (κ2) is 6.71. The molecule has 0 N–H and O–H groups in total. The zero-order valence-corrected chi connectivity index (χ0v) is 13.9. The van der Waals surface area contributed by atoms with Gasteiger partial charge < -0.3 is 9.42 Å². The van der Waals surface area contributed by atoms with Gasteiger partial charge in [-0.25, -0.2) is 8.78 Å². The summed E-state index contributed by atoms with van der Waals surface area (Å²) in [5.74, 6) is -0.969. The van der Waals surface area contributed by atoms with Gasteiger partial charge in [-0.3, -0.25) is 4.79 Å². The maximum absolute atomic E-state index is 13.9. The van der Waals surface area contributed by atoms with E-state index in [1.807, 2.05) is 0 Å². The number of likely N-dealkylation sites (tertiary alicyclic amines) is 1. The van der Waals surface area contributed by atoms with Crippen molar-refractivity contribution in [3.8, 4) is 11.3 Å². The molecule has 0 radical (unpaired) electrons. The highest BCUT2D eigenvalue weighted by Crippen LogP contribution is 2.33. The number of halogens is 2. The van der Waals surface area contributed by atoms with Crippen molar-refractivity contribution in [1.82, 2.24) is 10.1 Å². The number of amides is 1. The summed E-state index contributed by atoms with van der Waals surface area (Å²) in [7, 11) is 0. The lowest BCUT2D eigenvalue weighted by Crippen LogP contribution is -2.30. The minimum Gasteiger partial charge on any atom is -0.350 e. The summed E-state index contributed by atoms with van der Waals surface area (Å²) in [5.41, 5.74) is 1.45. The molecule has 1 atom stereocenters. The molecule has 1 aliphatic rings. The van der Waals surface area contributed by atoms with Crippen molar-refractivity contribution in [1.29, 1.82) is 0 Å². The zero-order chi connectivity index (χ0) is 18.1. The molecular formula is C20H16F2N2O2. The quantitative estimate of drug-likeness (QED) is 0.691. The van der Waals surface area contributed by atoms with E-state index in [0.717, 1.165) is 18.4 Å². The third-order valence-corrected chi connectivity index (χ3v) is 4.64. The second-order valence-electron chi connectivity index (χ2n) is 6.26. The molecule has 1 fully saturated rings. The summed E-state index contributed by atoms with van der Waals surface area (Å²) in [6.45, 7) is 0.580. The fourth-order valence-corrected chi connectivity index (χ4v) is 3.35. The molecule has 26 heavy (non-hydrogen) atoms. The molecule has 2 aromatic carbocycles. The van der Waals surface area contributed by atoms with Gasteiger partial charge in [-0.1, -0.05) is 29.4 Å². The van der Waals surface area contributed by atoms with Crippen LogP contribution in [-0.4, -0.2) is 22.5 Å². The van der Waals surface area contributed by atoms with E-state index in [1.165, 1.54) is 24.3 Å². The molecule has 4 nitrogen and oxygen atoms in total. The topological polar surface area (TPSA) is 46.3 Å². The predicted molar refractivity (Wildman–Crippen MR) is 91.3 cm³/mol. The maximum Gasteiger partial charge on any atom is 0.292 e. The van der Waals surface area contributed by atoms with Crippen molar-refractivity contribution >= 4 is 5.91 Å². The van der Waals surface area contributed by atoms with E-state index < -0.39 is 5.82 Å². The Morgan fingerprint density at radius 2 is 1.88 bits per heavy atom. The lowest BCUT2D eigenvalue weighted by molar-refractivity contribution is 0.0693. The highest BCUT2D eigenvalue weighted by Gasteiger charge is 2.32. The summed E-state index contributed by atoms with van der Waals surface area (Å²) in [4.78, 5) is 14.5. The third-order valence-electron chi connectivity index (χ3n) is 4.64. The van der Waals surface area contributed by atoms with Crippen LogP contribution >= 0.6 is 0 Å². The van der Waals surface area contributed by atoms with Gasteiger partial charge in [0.25, 0.3) is 5.91 Å². The van der Waals surface area contributed by atoms with E-state index in [-0.39, 0.29) is 34.8 Å². The van der Waals surface area contributed by atoms with E-state index >= 15 is 0 Å². The predicted octanol–water partition coefficient (Wildman–Crippen LogP) is 4.60. The Kier molecular flexibility index (Phi) is 4.24. The maximum atomic E-state index is 13.9. The van der Waals surface area contributed by atoms with Crippen molar-refractivity contribution in [2.75, 3.05) is 6.54 Å². The second-order valence-corrected chi connectivity index (χ2v) is 6.26. The van der Waals surface area contributed by atoms with Gasteiger partial charge in [-0.2, -0.15) is 0 Å². The number of hydrogen-bond donors (Lipinski definition) is 0. The molecule has 0 spiro atoms. The average molecular weight is 354 g/mol. The standard InChI is InChI=1S/C20H16F2N2O2/c21-14-9-7-13(8-10-14)18-6-3-11-24(18)20(25)19-12-17(23-26-19)15-4-1-2-5-16(15)22/h1-2,4-5,7-10,12,18H,3,6,11H2. The first-order valence-corrected chi connectivity index (χ1v) is 8.41. The van der Waals surface area contributed by atoms with Gasteiger partial charge in [-0.15, -0.1) is 0 Å². The van der Waals surface area contributed by atoms with Crippen molar-refractivity contribution in [3.63, 3.8) is 0 Å². The zero-order valence-electron chi connectivity index (χ0n) is 13.9. The van der Waals surface area contributed by atoms with Crippen LogP contribution in [0.15, 0.2) is 59.1 Å². The fourth-order valence-electron chi connectivity index (χ4n) is 3.35. The summed E-state index contributed by atoms with van der Waals surface area (Å²) < 4.78 is 32.2. The Bertz CT molecular complexity index is 937. The molecule has 3 aromatic rings. The van der Waals surface area contributed by atoms with Crippen LogP contribution in [-0.2, 0) is 0 Å². The molecular weight excluding hydrogens is 338 g/mol. The monoisotopic (exact) mass is 354 g/mol.